The lowest BCUT2D eigenvalue weighted by molar-refractivity contribution is -0.114. The minimum atomic E-state index is -0.135. The molecule has 0 atom stereocenters. The number of hydrogen-bond donors (Lipinski definition) is 2. The molecule has 0 spiro atoms. The van der Waals surface area contributed by atoms with Crippen LogP contribution in [0.4, 0.5) is 11.4 Å². The van der Waals surface area contributed by atoms with E-state index in [0.29, 0.717) is 23.0 Å². The van der Waals surface area contributed by atoms with Crippen LogP contribution in [0, 0.1) is 0 Å². The highest BCUT2D eigenvalue weighted by Crippen LogP contribution is 2.21. The third-order valence-corrected chi connectivity index (χ3v) is 2.16. The Kier molecular flexibility index (Phi) is 3.43. The summed E-state index contributed by atoms with van der Waals surface area (Å²) in [6.07, 6.45) is 1.54. The van der Waals surface area contributed by atoms with Crippen molar-refractivity contribution >= 4 is 17.3 Å². The fraction of sp³-hybridized carbons (Fsp3) is 0.0769. The lowest BCUT2D eigenvalue weighted by Gasteiger charge is -2.06. The van der Waals surface area contributed by atoms with Crippen LogP contribution in [0.3, 0.4) is 0 Å². The first-order valence-corrected chi connectivity index (χ1v) is 5.40. The summed E-state index contributed by atoms with van der Waals surface area (Å²) in [5.74, 6) is 0.974. The average molecular weight is 243 g/mol. The van der Waals surface area contributed by atoms with E-state index in [-0.39, 0.29) is 5.91 Å². The number of nitrogen functional groups attached to an aromatic ring is 1. The van der Waals surface area contributed by atoms with Gasteiger partial charge in [0.2, 0.25) is 11.8 Å². The number of nitrogens with one attached hydrogen (secondary N) is 1. The molecule has 3 N–H and O–H groups in total. The van der Waals surface area contributed by atoms with Crippen LogP contribution in [0.2, 0.25) is 0 Å². The smallest absolute Gasteiger partial charge is 0.221 e. The first-order chi connectivity index (χ1) is 8.63. The van der Waals surface area contributed by atoms with Crippen LogP contribution in [0.15, 0.2) is 42.6 Å². The third kappa shape index (κ3) is 3.21. The maximum atomic E-state index is 10.8. The zero-order valence-electron chi connectivity index (χ0n) is 9.88. The molecule has 0 aliphatic rings. The number of ether oxygens (including phenoxy) is 1. The predicted molar refractivity (Wildman–Crippen MR) is 69.5 cm³/mol. The Labute approximate surface area is 105 Å². The number of amides is 1. The van der Waals surface area contributed by atoms with Gasteiger partial charge in [-0.15, -0.1) is 0 Å². The van der Waals surface area contributed by atoms with E-state index in [1.165, 1.54) is 13.1 Å². The van der Waals surface area contributed by atoms with E-state index >= 15 is 0 Å². The van der Waals surface area contributed by atoms with E-state index in [4.69, 9.17) is 10.5 Å². The molecule has 1 aromatic carbocycles. The largest absolute Gasteiger partial charge is 0.439 e. The second-order valence-corrected chi connectivity index (χ2v) is 3.74. The zero-order chi connectivity index (χ0) is 13.0. The molecule has 0 unspecified atom stereocenters. The molecule has 92 valence electrons. The first-order valence-electron chi connectivity index (χ1n) is 5.40. The normalized spacial score (nSPS) is 9.83. The van der Waals surface area contributed by atoms with E-state index in [9.17, 15) is 4.79 Å². The molecule has 0 bridgehead atoms. The van der Waals surface area contributed by atoms with Gasteiger partial charge in [-0.2, -0.15) is 0 Å². The van der Waals surface area contributed by atoms with E-state index in [2.05, 4.69) is 10.3 Å². The molecule has 0 radical (unpaired) electrons. The van der Waals surface area contributed by atoms with Crippen molar-refractivity contribution in [2.45, 2.75) is 6.92 Å². The molecule has 5 nitrogen and oxygen atoms in total. The van der Waals surface area contributed by atoms with E-state index in [1.807, 2.05) is 0 Å². The highest BCUT2D eigenvalue weighted by atomic mass is 16.5. The van der Waals surface area contributed by atoms with Crippen molar-refractivity contribution in [2.75, 3.05) is 11.1 Å². The summed E-state index contributed by atoms with van der Waals surface area (Å²) in [6, 6.07) is 10.4. The van der Waals surface area contributed by atoms with Gasteiger partial charge in [-0.05, 0) is 30.3 Å². The predicted octanol–water partition coefficient (Wildman–Crippen LogP) is 2.41. The maximum absolute atomic E-state index is 10.8. The van der Waals surface area contributed by atoms with E-state index in [1.54, 1.807) is 36.4 Å². The molecule has 0 saturated carbocycles. The molecule has 0 saturated heterocycles. The lowest BCUT2D eigenvalue weighted by Crippen LogP contribution is -2.05. The Morgan fingerprint density at radius 2 is 1.94 bits per heavy atom. The zero-order valence-corrected chi connectivity index (χ0v) is 9.88. The van der Waals surface area contributed by atoms with Crippen LogP contribution in [-0.4, -0.2) is 10.9 Å². The highest BCUT2D eigenvalue weighted by Gasteiger charge is 2.00. The van der Waals surface area contributed by atoms with Crippen molar-refractivity contribution in [3.63, 3.8) is 0 Å². The van der Waals surface area contributed by atoms with Gasteiger partial charge in [-0.1, -0.05) is 0 Å². The number of nitrogens with zero attached hydrogens (tertiary/aromatic N) is 1. The van der Waals surface area contributed by atoms with Gasteiger partial charge in [0.05, 0.1) is 11.9 Å². The Hall–Kier alpha value is -2.56. The fourth-order valence-corrected chi connectivity index (χ4v) is 1.37. The first kappa shape index (κ1) is 11.9. The van der Waals surface area contributed by atoms with Gasteiger partial charge in [-0.25, -0.2) is 4.98 Å². The van der Waals surface area contributed by atoms with Crippen LogP contribution < -0.4 is 15.8 Å². The summed E-state index contributed by atoms with van der Waals surface area (Å²) in [6.45, 7) is 1.44. The van der Waals surface area contributed by atoms with Crippen molar-refractivity contribution < 1.29 is 9.53 Å². The van der Waals surface area contributed by atoms with Crippen molar-refractivity contribution in [3.8, 4) is 11.6 Å². The second-order valence-electron chi connectivity index (χ2n) is 3.74. The molecule has 2 rings (SSSR count). The topological polar surface area (TPSA) is 77.2 Å². The standard InChI is InChI=1S/C13H13N3O2/c1-9(17)16-11-4-7-13(15-8-11)18-12-5-2-10(14)3-6-12/h2-8H,14H2,1H3,(H,16,17). The molecule has 1 heterocycles. The monoisotopic (exact) mass is 243 g/mol. The van der Waals surface area contributed by atoms with Gasteiger partial charge in [0.25, 0.3) is 0 Å². The average Bonchev–Trinajstić information content (AvgIpc) is 2.34. The molecule has 0 fully saturated rings. The number of anilines is 2. The molecule has 1 amide bonds. The van der Waals surface area contributed by atoms with Crippen LogP contribution in [0.5, 0.6) is 11.6 Å². The van der Waals surface area contributed by atoms with Gasteiger partial charge in [-0.3, -0.25) is 4.79 Å². The number of rotatable bonds is 3. The van der Waals surface area contributed by atoms with Gasteiger partial charge < -0.3 is 15.8 Å². The highest BCUT2D eigenvalue weighted by molar-refractivity contribution is 5.88. The van der Waals surface area contributed by atoms with Gasteiger partial charge in [0.1, 0.15) is 5.75 Å². The second kappa shape index (κ2) is 5.18. The molecule has 0 aliphatic heterocycles. The summed E-state index contributed by atoms with van der Waals surface area (Å²) < 4.78 is 5.51. The number of pyridine rings is 1. The Bertz CT molecular complexity index is 535. The van der Waals surface area contributed by atoms with Crippen molar-refractivity contribution in [1.82, 2.24) is 4.98 Å². The Balaban J connectivity index is 2.06. The third-order valence-electron chi connectivity index (χ3n) is 2.16. The quantitative estimate of drug-likeness (QED) is 0.811. The van der Waals surface area contributed by atoms with Crippen LogP contribution >= 0.6 is 0 Å². The van der Waals surface area contributed by atoms with Crippen LogP contribution in [-0.2, 0) is 4.79 Å². The SMILES string of the molecule is CC(=O)Nc1ccc(Oc2ccc(N)cc2)nc1. The minimum Gasteiger partial charge on any atom is -0.439 e. The number of benzene rings is 1. The van der Waals surface area contributed by atoms with Crippen molar-refractivity contribution in [3.05, 3.63) is 42.6 Å². The lowest BCUT2D eigenvalue weighted by atomic mass is 10.3. The fourth-order valence-electron chi connectivity index (χ4n) is 1.37. The summed E-state index contributed by atoms with van der Waals surface area (Å²) >= 11 is 0. The molecular formula is C13H13N3O2. The molecule has 18 heavy (non-hydrogen) atoms. The van der Waals surface area contributed by atoms with Crippen molar-refractivity contribution in [2.24, 2.45) is 0 Å². The molecule has 2 aromatic rings. The van der Waals surface area contributed by atoms with E-state index in [0.717, 1.165) is 0 Å². The number of aromatic nitrogens is 1. The number of carbonyl (C=O) groups is 1. The number of hydrogen-bond acceptors (Lipinski definition) is 4. The maximum Gasteiger partial charge on any atom is 0.221 e. The Morgan fingerprint density at radius 1 is 1.22 bits per heavy atom. The number of nitrogens with two attached hydrogens (primary N) is 1. The molecule has 0 aliphatic carbocycles. The summed E-state index contributed by atoms with van der Waals surface area (Å²) in [5.41, 5.74) is 6.88. The number of carbonyl (C=O) groups excluding carboxylic acids is 1. The van der Waals surface area contributed by atoms with Gasteiger partial charge in [0, 0.05) is 18.7 Å². The molecule has 1 aromatic heterocycles. The molecule has 5 heteroatoms. The minimum absolute atomic E-state index is 0.135. The van der Waals surface area contributed by atoms with Gasteiger partial charge >= 0.3 is 0 Å². The summed E-state index contributed by atoms with van der Waals surface area (Å²) in [4.78, 5) is 14.9. The van der Waals surface area contributed by atoms with E-state index < -0.39 is 0 Å². The van der Waals surface area contributed by atoms with Crippen molar-refractivity contribution in [1.29, 1.82) is 0 Å². The summed E-state index contributed by atoms with van der Waals surface area (Å²) in [7, 11) is 0. The van der Waals surface area contributed by atoms with Crippen LogP contribution in [0.1, 0.15) is 6.92 Å². The molecular weight excluding hydrogens is 230 g/mol. The van der Waals surface area contributed by atoms with Gasteiger partial charge in [0.15, 0.2) is 0 Å². The summed E-state index contributed by atoms with van der Waals surface area (Å²) in [5, 5.41) is 2.63. The van der Waals surface area contributed by atoms with Crippen LogP contribution in [0.25, 0.3) is 0 Å². The Morgan fingerprint density at radius 3 is 2.50 bits per heavy atom.